The first kappa shape index (κ1) is 12.2. The van der Waals surface area contributed by atoms with Gasteiger partial charge in [-0.2, -0.15) is 0 Å². The van der Waals surface area contributed by atoms with E-state index in [1.165, 1.54) is 16.8 Å². The molecule has 0 aliphatic heterocycles. The van der Waals surface area contributed by atoms with Gasteiger partial charge in [0.05, 0.1) is 18.2 Å². The number of aromatic nitrogens is 2. The van der Waals surface area contributed by atoms with Gasteiger partial charge in [-0.3, -0.25) is 0 Å². The molecule has 0 saturated carbocycles. The van der Waals surface area contributed by atoms with Crippen LogP contribution in [0.25, 0.3) is 11.3 Å². The number of hydrogen-bond donors (Lipinski definition) is 2. The molecule has 0 spiro atoms. The van der Waals surface area contributed by atoms with Crippen molar-refractivity contribution in [1.29, 1.82) is 0 Å². The number of aromatic amines is 1. The van der Waals surface area contributed by atoms with Crippen molar-refractivity contribution in [1.82, 2.24) is 9.97 Å². The zero-order chi connectivity index (χ0) is 14.1. The maximum Gasteiger partial charge on any atom is 0.0924 e. The van der Waals surface area contributed by atoms with Gasteiger partial charge in [-0.25, -0.2) is 4.98 Å². The van der Waals surface area contributed by atoms with Gasteiger partial charge >= 0.3 is 0 Å². The van der Waals surface area contributed by atoms with Crippen molar-refractivity contribution in [3.63, 3.8) is 0 Å². The summed E-state index contributed by atoms with van der Waals surface area (Å²) in [7, 11) is 0. The molecule has 4 rings (SSSR count). The molecule has 1 aliphatic carbocycles. The minimum absolute atomic E-state index is 0.500. The molecule has 2 N–H and O–H groups in total. The highest BCUT2D eigenvalue weighted by Gasteiger charge is 2.20. The normalized spacial score (nSPS) is 14.1. The van der Waals surface area contributed by atoms with Gasteiger partial charge in [-0.15, -0.1) is 0 Å². The lowest BCUT2D eigenvalue weighted by Gasteiger charge is -2.13. The average Bonchev–Trinajstić information content (AvgIpc) is 3.17. The highest BCUT2D eigenvalue weighted by molar-refractivity contribution is 5.62. The van der Waals surface area contributed by atoms with Crippen LogP contribution in [0.15, 0.2) is 61.1 Å². The Balaban J connectivity index is 1.47. The Morgan fingerprint density at radius 1 is 0.952 bits per heavy atom. The molecule has 104 valence electrons. The fraction of sp³-hybridized carbons (Fsp3) is 0.167. The lowest BCUT2D eigenvalue weighted by molar-refractivity contribution is 0.774. The van der Waals surface area contributed by atoms with Crippen LogP contribution in [-0.2, 0) is 12.8 Å². The summed E-state index contributed by atoms with van der Waals surface area (Å²) in [5, 5.41) is 3.63. The second-order valence-electron chi connectivity index (χ2n) is 5.56. The molecule has 1 aromatic heterocycles. The van der Waals surface area contributed by atoms with E-state index in [0.29, 0.717) is 6.04 Å². The average molecular weight is 275 g/mol. The summed E-state index contributed by atoms with van der Waals surface area (Å²) in [5.74, 6) is 0. The van der Waals surface area contributed by atoms with Crippen molar-refractivity contribution in [2.24, 2.45) is 0 Å². The van der Waals surface area contributed by atoms with Crippen LogP contribution in [0.2, 0.25) is 0 Å². The zero-order valence-corrected chi connectivity index (χ0v) is 11.7. The Morgan fingerprint density at radius 3 is 2.29 bits per heavy atom. The van der Waals surface area contributed by atoms with E-state index < -0.39 is 0 Å². The minimum Gasteiger partial charge on any atom is -0.382 e. The van der Waals surface area contributed by atoms with Gasteiger partial charge in [0.25, 0.3) is 0 Å². The van der Waals surface area contributed by atoms with Crippen LogP contribution in [-0.4, -0.2) is 16.0 Å². The quantitative estimate of drug-likeness (QED) is 0.766. The van der Waals surface area contributed by atoms with Crippen molar-refractivity contribution in [2.45, 2.75) is 18.9 Å². The molecule has 2 aromatic carbocycles. The smallest absolute Gasteiger partial charge is 0.0924 e. The Labute approximate surface area is 124 Å². The minimum atomic E-state index is 0.500. The van der Waals surface area contributed by atoms with Crippen LogP contribution < -0.4 is 5.32 Å². The van der Waals surface area contributed by atoms with Gasteiger partial charge in [0, 0.05) is 11.7 Å². The molecule has 1 heterocycles. The highest BCUT2D eigenvalue weighted by atomic mass is 14.9. The molecule has 3 nitrogen and oxygen atoms in total. The van der Waals surface area contributed by atoms with Crippen LogP contribution in [0.5, 0.6) is 0 Å². The van der Waals surface area contributed by atoms with Crippen LogP contribution in [0.4, 0.5) is 5.69 Å². The fourth-order valence-electron chi connectivity index (χ4n) is 3.06. The highest BCUT2D eigenvalue weighted by Crippen LogP contribution is 2.25. The predicted octanol–water partition coefficient (Wildman–Crippen LogP) is 3.66. The monoisotopic (exact) mass is 275 g/mol. The molecule has 3 heteroatoms. The van der Waals surface area contributed by atoms with Crippen LogP contribution >= 0.6 is 0 Å². The molecule has 0 fully saturated rings. The van der Waals surface area contributed by atoms with Crippen molar-refractivity contribution in [3.8, 4) is 11.3 Å². The van der Waals surface area contributed by atoms with Gasteiger partial charge < -0.3 is 10.3 Å². The zero-order valence-electron chi connectivity index (χ0n) is 11.7. The number of imidazole rings is 1. The first-order chi connectivity index (χ1) is 10.4. The maximum atomic E-state index is 4.06. The van der Waals surface area contributed by atoms with Crippen LogP contribution in [0, 0.1) is 0 Å². The molecule has 1 aliphatic rings. The third-order valence-electron chi connectivity index (χ3n) is 4.12. The molecule has 0 unspecified atom stereocenters. The Kier molecular flexibility index (Phi) is 2.96. The predicted molar refractivity (Wildman–Crippen MR) is 85.3 cm³/mol. The largest absolute Gasteiger partial charge is 0.382 e. The standard InChI is InChI=1S/C18H17N3/c1-2-4-15-10-17(9-14(15)3-1)21-16-7-5-13(6-8-16)18-11-19-12-20-18/h1-8,11-12,17,21H,9-10H2,(H,19,20). The molecule has 3 aromatic rings. The first-order valence-corrected chi connectivity index (χ1v) is 7.30. The summed E-state index contributed by atoms with van der Waals surface area (Å²) in [4.78, 5) is 7.18. The summed E-state index contributed by atoms with van der Waals surface area (Å²) in [5.41, 5.74) is 6.34. The van der Waals surface area contributed by atoms with Gasteiger partial charge in [0.15, 0.2) is 0 Å². The van der Waals surface area contributed by atoms with E-state index in [1.54, 1.807) is 6.33 Å². The summed E-state index contributed by atoms with van der Waals surface area (Å²) < 4.78 is 0. The molecule has 0 atom stereocenters. The third kappa shape index (κ3) is 2.42. The summed E-state index contributed by atoms with van der Waals surface area (Å²) in [6, 6.07) is 17.7. The van der Waals surface area contributed by atoms with Crippen molar-refractivity contribution < 1.29 is 0 Å². The van der Waals surface area contributed by atoms with E-state index in [1.807, 2.05) is 6.20 Å². The second-order valence-corrected chi connectivity index (χ2v) is 5.56. The number of anilines is 1. The summed E-state index contributed by atoms with van der Waals surface area (Å²) in [6.07, 6.45) is 5.77. The van der Waals surface area contributed by atoms with E-state index >= 15 is 0 Å². The van der Waals surface area contributed by atoms with Gasteiger partial charge in [0.2, 0.25) is 0 Å². The number of benzene rings is 2. The van der Waals surface area contributed by atoms with Gasteiger partial charge in [-0.1, -0.05) is 36.4 Å². The SMILES string of the molecule is c1ccc2c(c1)CC(Nc1ccc(-c3cnc[nH]3)cc1)C2. The summed E-state index contributed by atoms with van der Waals surface area (Å²) in [6.45, 7) is 0. The van der Waals surface area contributed by atoms with Gasteiger partial charge in [-0.05, 0) is 41.7 Å². The van der Waals surface area contributed by atoms with E-state index in [2.05, 4.69) is 63.8 Å². The maximum absolute atomic E-state index is 4.06. The number of nitrogens with zero attached hydrogens (tertiary/aromatic N) is 1. The van der Waals surface area contributed by atoms with Crippen molar-refractivity contribution >= 4 is 5.69 Å². The molecule has 21 heavy (non-hydrogen) atoms. The van der Waals surface area contributed by atoms with Crippen molar-refractivity contribution in [3.05, 3.63) is 72.2 Å². The number of hydrogen-bond acceptors (Lipinski definition) is 2. The Bertz CT molecular complexity index is 704. The Morgan fingerprint density at radius 2 is 1.67 bits per heavy atom. The van der Waals surface area contributed by atoms with E-state index in [9.17, 15) is 0 Å². The molecule has 0 amide bonds. The number of H-pyrrole nitrogens is 1. The molecule has 0 saturated heterocycles. The van der Waals surface area contributed by atoms with Crippen LogP contribution in [0.1, 0.15) is 11.1 Å². The van der Waals surface area contributed by atoms with E-state index in [0.717, 1.165) is 24.1 Å². The first-order valence-electron chi connectivity index (χ1n) is 7.30. The van der Waals surface area contributed by atoms with E-state index in [4.69, 9.17) is 0 Å². The third-order valence-corrected chi connectivity index (χ3v) is 4.12. The number of nitrogens with one attached hydrogen (secondary N) is 2. The molecular formula is C18H17N3. The molecular weight excluding hydrogens is 258 g/mol. The fourth-order valence-corrected chi connectivity index (χ4v) is 3.06. The topological polar surface area (TPSA) is 40.7 Å². The molecule has 0 radical (unpaired) electrons. The van der Waals surface area contributed by atoms with E-state index in [-0.39, 0.29) is 0 Å². The van der Waals surface area contributed by atoms with Crippen molar-refractivity contribution in [2.75, 3.05) is 5.32 Å². The lowest BCUT2D eigenvalue weighted by Crippen LogP contribution is -2.19. The number of rotatable bonds is 3. The molecule has 0 bridgehead atoms. The Hall–Kier alpha value is -2.55. The second kappa shape index (κ2) is 5.09. The van der Waals surface area contributed by atoms with Crippen LogP contribution in [0.3, 0.4) is 0 Å². The number of fused-ring (bicyclic) bond motifs is 1. The lowest BCUT2D eigenvalue weighted by atomic mass is 10.1. The summed E-state index contributed by atoms with van der Waals surface area (Å²) >= 11 is 0. The van der Waals surface area contributed by atoms with Gasteiger partial charge in [0.1, 0.15) is 0 Å².